The topological polar surface area (TPSA) is 117 Å². The highest BCUT2D eigenvalue weighted by molar-refractivity contribution is 7.88. The summed E-state index contributed by atoms with van der Waals surface area (Å²) in [6.45, 7) is 7.70. The second kappa shape index (κ2) is 9.70. The van der Waals surface area contributed by atoms with E-state index in [9.17, 15) is 8.42 Å². The first-order valence-electron chi connectivity index (χ1n) is 11.4. The van der Waals surface area contributed by atoms with Gasteiger partial charge in [-0.05, 0) is 31.6 Å². The largest absolute Gasteiger partial charge is 0.354 e. The van der Waals surface area contributed by atoms with Gasteiger partial charge in [0.1, 0.15) is 0 Å². The zero-order valence-corrected chi connectivity index (χ0v) is 19.9. The highest BCUT2D eigenvalue weighted by Crippen LogP contribution is 2.26. The minimum Gasteiger partial charge on any atom is -0.354 e. The summed E-state index contributed by atoms with van der Waals surface area (Å²) in [6.07, 6.45) is 8.10. The van der Waals surface area contributed by atoms with Gasteiger partial charge in [0.25, 0.3) is 0 Å². The van der Waals surface area contributed by atoms with Crippen LogP contribution in [0.5, 0.6) is 0 Å². The number of hydrogen-bond acceptors (Lipinski definition) is 9. The predicted octanol–water partition coefficient (Wildman–Crippen LogP) is 2.41. The van der Waals surface area contributed by atoms with Crippen LogP contribution in [-0.2, 0) is 23.0 Å². The molecule has 4 heterocycles. The monoisotopic (exact) mass is 463 g/mol. The standard InChI is InChI=1S/C21H33N7O3S/c1-15(2)19-25-21(31-26-19)27-10-6-16(7-11-27)5-4-9-22-20-23-13-17-14-28(32(3,29)30)12-8-18(17)24-20/h13,15-16H,4-12,14H2,1-3H3,(H,22,23,24). The molecule has 0 spiro atoms. The summed E-state index contributed by atoms with van der Waals surface area (Å²) in [6, 6.07) is 0.651. The van der Waals surface area contributed by atoms with Crippen LogP contribution in [0.3, 0.4) is 0 Å². The Hall–Kier alpha value is -2.27. The van der Waals surface area contributed by atoms with Crippen LogP contribution in [0.15, 0.2) is 10.7 Å². The first-order chi connectivity index (χ1) is 15.3. The van der Waals surface area contributed by atoms with E-state index < -0.39 is 10.0 Å². The predicted molar refractivity (Wildman–Crippen MR) is 122 cm³/mol. The Balaban J connectivity index is 1.18. The van der Waals surface area contributed by atoms with Crippen molar-refractivity contribution in [2.45, 2.75) is 58.4 Å². The quantitative estimate of drug-likeness (QED) is 0.589. The maximum Gasteiger partial charge on any atom is 0.324 e. The summed E-state index contributed by atoms with van der Waals surface area (Å²) in [4.78, 5) is 15.7. The number of aromatic nitrogens is 4. The van der Waals surface area contributed by atoms with Crippen molar-refractivity contribution in [1.29, 1.82) is 0 Å². The summed E-state index contributed by atoms with van der Waals surface area (Å²) < 4.78 is 30.4. The molecule has 0 bridgehead atoms. The first kappa shape index (κ1) is 22.9. The van der Waals surface area contributed by atoms with Gasteiger partial charge in [0.15, 0.2) is 5.82 Å². The van der Waals surface area contributed by atoms with E-state index in [1.165, 1.54) is 10.6 Å². The minimum absolute atomic E-state index is 0.277. The van der Waals surface area contributed by atoms with Crippen LogP contribution in [0.2, 0.25) is 0 Å². The summed E-state index contributed by atoms with van der Waals surface area (Å²) >= 11 is 0. The van der Waals surface area contributed by atoms with Crippen LogP contribution in [0.1, 0.15) is 62.5 Å². The van der Waals surface area contributed by atoms with Gasteiger partial charge in [0, 0.05) is 56.8 Å². The van der Waals surface area contributed by atoms with Crippen molar-refractivity contribution in [2.24, 2.45) is 5.92 Å². The highest BCUT2D eigenvalue weighted by Gasteiger charge is 2.25. The highest BCUT2D eigenvalue weighted by atomic mass is 32.2. The van der Waals surface area contributed by atoms with Gasteiger partial charge in [0.05, 0.1) is 11.9 Å². The Labute approximate surface area is 189 Å². The van der Waals surface area contributed by atoms with Crippen LogP contribution >= 0.6 is 0 Å². The van der Waals surface area contributed by atoms with Gasteiger partial charge in [0.2, 0.25) is 16.0 Å². The number of nitrogens with zero attached hydrogens (tertiary/aromatic N) is 6. The normalized spacial score (nSPS) is 18.2. The van der Waals surface area contributed by atoms with Crippen LogP contribution < -0.4 is 10.2 Å². The van der Waals surface area contributed by atoms with Gasteiger partial charge in [-0.15, -0.1) is 0 Å². The SMILES string of the molecule is CC(C)c1noc(N2CCC(CCCNc3ncc4c(n3)CCN(S(C)(=O)=O)C4)CC2)n1. The fourth-order valence-electron chi connectivity index (χ4n) is 4.25. The zero-order chi connectivity index (χ0) is 22.7. The van der Waals surface area contributed by atoms with Gasteiger partial charge in [-0.3, -0.25) is 0 Å². The lowest BCUT2D eigenvalue weighted by atomic mass is 9.92. The molecule has 0 aromatic carbocycles. The summed E-state index contributed by atoms with van der Waals surface area (Å²) in [5.74, 6) is 2.37. The Kier molecular flexibility index (Phi) is 6.94. The van der Waals surface area contributed by atoms with Gasteiger partial charge >= 0.3 is 6.01 Å². The number of anilines is 2. The van der Waals surface area contributed by atoms with Crippen molar-refractivity contribution in [3.05, 3.63) is 23.3 Å². The molecular formula is C21H33N7O3S. The van der Waals surface area contributed by atoms with E-state index in [4.69, 9.17) is 4.52 Å². The molecule has 0 amide bonds. The molecule has 10 nitrogen and oxygen atoms in total. The molecule has 2 aliphatic heterocycles. The van der Waals surface area contributed by atoms with Gasteiger partial charge in [-0.1, -0.05) is 19.0 Å². The molecule has 0 saturated carbocycles. The molecule has 0 unspecified atom stereocenters. The number of sulfonamides is 1. The van der Waals surface area contributed by atoms with Crippen molar-refractivity contribution in [2.75, 3.05) is 42.7 Å². The van der Waals surface area contributed by atoms with E-state index in [0.717, 1.165) is 62.4 Å². The van der Waals surface area contributed by atoms with E-state index in [0.29, 0.717) is 37.4 Å². The smallest absolute Gasteiger partial charge is 0.324 e. The number of fused-ring (bicyclic) bond motifs is 1. The maximum absolute atomic E-state index is 11.7. The van der Waals surface area contributed by atoms with E-state index in [1.54, 1.807) is 6.20 Å². The molecule has 2 aromatic rings. The van der Waals surface area contributed by atoms with Crippen LogP contribution in [0, 0.1) is 5.92 Å². The third kappa shape index (κ3) is 5.55. The number of nitrogens with one attached hydrogen (secondary N) is 1. The Morgan fingerprint density at radius 1 is 1.22 bits per heavy atom. The third-order valence-corrected chi connectivity index (χ3v) is 7.52. The Bertz CT molecular complexity index is 1020. The maximum atomic E-state index is 11.7. The molecule has 32 heavy (non-hydrogen) atoms. The number of rotatable bonds is 8. The Morgan fingerprint density at radius 2 is 2.00 bits per heavy atom. The molecule has 1 fully saturated rings. The average Bonchev–Trinajstić information content (AvgIpc) is 3.27. The number of hydrogen-bond donors (Lipinski definition) is 1. The zero-order valence-electron chi connectivity index (χ0n) is 19.1. The molecule has 1 saturated heterocycles. The lowest BCUT2D eigenvalue weighted by Crippen LogP contribution is -2.35. The Morgan fingerprint density at radius 3 is 2.69 bits per heavy atom. The van der Waals surface area contributed by atoms with E-state index >= 15 is 0 Å². The molecule has 176 valence electrons. The van der Waals surface area contributed by atoms with Crippen molar-refractivity contribution in [3.8, 4) is 0 Å². The number of piperidine rings is 1. The lowest BCUT2D eigenvalue weighted by molar-refractivity contribution is 0.346. The summed E-state index contributed by atoms with van der Waals surface area (Å²) in [5, 5.41) is 7.39. The van der Waals surface area contributed by atoms with Crippen LogP contribution in [-0.4, -0.2) is 65.3 Å². The summed E-state index contributed by atoms with van der Waals surface area (Å²) in [5.41, 5.74) is 1.83. The second-order valence-electron chi connectivity index (χ2n) is 9.10. The second-order valence-corrected chi connectivity index (χ2v) is 11.1. The lowest BCUT2D eigenvalue weighted by Gasteiger charge is -2.30. The van der Waals surface area contributed by atoms with E-state index in [2.05, 4.69) is 44.2 Å². The van der Waals surface area contributed by atoms with Gasteiger partial charge < -0.3 is 14.7 Å². The molecule has 2 aromatic heterocycles. The fourth-order valence-corrected chi connectivity index (χ4v) is 5.05. The average molecular weight is 464 g/mol. The molecule has 2 aliphatic rings. The molecule has 4 rings (SSSR count). The summed E-state index contributed by atoms with van der Waals surface area (Å²) in [7, 11) is -3.18. The molecule has 1 N–H and O–H groups in total. The molecule has 0 atom stereocenters. The van der Waals surface area contributed by atoms with E-state index in [1.807, 2.05) is 0 Å². The molecule has 11 heteroatoms. The van der Waals surface area contributed by atoms with Crippen molar-refractivity contribution >= 4 is 22.0 Å². The minimum atomic E-state index is -3.18. The van der Waals surface area contributed by atoms with Gasteiger partial charge in [-0.25, -0.2) is 18.4 Å². The fraction of sp³-hybridized carbons (Fsp3) is 0.714. The van der Waals surface area contributed by atoms with Gasteiger partial charge in [-0.2, -0.15) is 9.29 Å². The van der Waals surface area contributed by atoms with Crippen LogP contribution in [0.4, 0.5) is 12.0 Å². The van der Waals surface area contributed by atoms with E-state index in [-0.39, 0.29) is 5.92 Å². The van der Waals surface area contributed by atoms with Crippen molar-refractivity contribution in [1.82, 2.24) is 24.4 Å². The molecule has 0 aliphatic carbocycles. The molecular weight excluding hydrogens is 430 g/mol. The first-order valence-corrected chi connectivity index (χ1v) is 13.3. The van der Waals surface area contributed by atoms with Crippen LogP contribution in [0.25, 0.3) is 0 Å². The third-order valence-electron chi connectivity index (χ3n) is 6.27. The van der Waals surface area contributed by atoms with Crippen molar-refractivity contribution < 1.29 is 12.9 Å². The molecule has 0 radical (unpaired) electrons. The van der Waals surface area contributed by atoms with Crippen molar-refractivity contribution in [3.63, 3.8) is 0 Å².